The summed E-state index contributed by atoms with van der Waals surface area (Å²) in [7, 11) is 0. The molecule has 0 bridgehead atoms. The molecule has 28 heavy (non-hydrogen) atoms. The molecule has 0 radical (unpaired) electrons. The summed E-state index contributed by atoms with van der Waals surface area (Å²) in [6.07, 6.45) is 6.57. The van der Waals surface area contributed by atoms with E-state index in [2.05, 4.69) is 121 Å². The van der Waals surface area contributed by atoms with Crippen molar-refractivity contribution in [1.82, 2.24) is 0 Å². The Morgan fingerprint density at radius 1 is 0.750 bits per heavy atom. The van der Waals surface area contributed by atoms with Crippen molar-refractivity contribution in [3.8, 4) is 0 Å². The fourth-order valence-electron chi connectivity index (χ4n) is 3.17. The van der Waals surface area contributed by atoms with Gasteiger partial charge in [0.25, 0.3) is 0 Å². The third-order valence-electron chi connectivity index (χ3n) is 4.53. The molecule has 0 heterocycles. The molecular weight excluding hydrogens is 510 g/mol. The maximum atomic E-state index is 2.28. The van der Waals surface area contributed by atoms with Crippen molar-refractivity contribution in [2.45, 2.75) is 20.8 Å². The van der Waals surface area contributed by atoms with Crippen LogP contribution in [0.4, 0.5) is 11.4 Å². The van der Waals surface area contributed by atoms with Gasteiger partial charge in [-0.2, -0.15) is 0 Å². The number of anilines is 2. The number of aryl methyl sites for hydroxylation is 3. The van der Waals surface area contributed by atoms with Crippen LogP contribution in [-0.2, 0) is 19.4 Å². The molecule has 0 fully saturated rings. The average Bonchev–Trinajstić information content (AvgIpc) is 2.68. The summed E-state index contributed by atoms with van der Waals surface area (Å²) in [6, 6.07) is 26.0. The summed E-state index contributed by atoms with van der Waals surface area (Å²) >= 11 is 1.45. The average molecular weight is 535 g/mol. The monoisotopic (exact) mass is 535 g/mol. The van der Waals surface area contributed by atoms with Gasteiger partial charge in [-0.05, 0) is 0 Å². The van der Waals surface area contributed by atoms with Crippen molar-refractivity contribution < 1.29 is 19.4 Å². The molecule has 0 atom stereocenters. The fourth-order valence-corrected chi connectivity index (χ4v) is 3.46. The molecule has 3 rings (SSSR count). The first kappa shape index (κ1) is 20.2. The first-order valence-electron chi connectivity index (χ1n) is 9.40. The van der Waals surface area contributed by atoms with Gasteiger partial charge in [0.2, 0.25) is 0 Å². The van der Waals surface area contributed by atoms with E-state index in [4.69, 9.17) is 0 Å². The number of nitrogens with zero attached hydrogens (tertiary/aromatic N) is 1. The molecule has 3 aromatic carbocycles. The van der Waals surface area contributed by atoms with E-state index in [-0.39, 0.29) is 0 Å². The molecule has 0 aromatic heterocycles. The van der Waals surface area contributed by atoms with Gasteiger partial charge in [0.1, 0.15) is 0 Å². The molecule has 0 N–H and O–H groups in total. The summed E-state index contributed by atoms with van der Waals surface area (Å²) in [4.78, 5) is 2.28. The van der Waals surface area contributed by atoms with Gasteiger partial charge in [-0.1, -0.05) is 0 Å². The number of rotatable bonds is 6. The van der Waals surface area contributed by atoms with Gasteiger partial charge in [-0.3, -0.25) is 0 Å². The number of benzene rings is 3. The van der Waals surface area contributed by atoms with Crippen molar-refractivity contribution in [3.05, 3.63) is 113 Å². The Balaban J connectivity index is 2.19. The van der Waals surface area contributed by atoms with E-state index >= 15 is 0 Å². The molecule has 2 heteroatoms. The summed E-state index contributed by atoms with van der Waals surface area (Å²) in [5.74, 6) is 0. The number of hydrogen-bond donors (Lipinski definition) is 0. The van der Waals surface area contributed by atoms with Crippen molar-refractivity contribution in [2.24, 2.45) is 0 Å². The molecular formula is C26H25NW. The van der Waals surface area contributed by atoms with Crippen molar-refractivity contribution in [1.29, 1.82) is 0 Å². The molecule has 0 aliphatic rings. The van der Waals surface area contributed by atoms with Crippen LogP contribution in [0.1, 0.15) is 22.3 Å². The van der Waals surface area contributed by atoms with Gasteiger partial charge in [-0.15, -0.1) is 0 Å². The van der Waals surface area contributed by atoms with Crippen LogP contribution in [0.5, 0.6) is 0 Å². The Labute approximate surface area is 179 Å². The van der Waals surface area contributed by atoms with Crippen LogP contribution in [0.3, 0.4) is 0 Å². The van der Waals surface area contributed by atoms with Crippen molar-refractivity contribution in [3.63, 3.8) is 0 Å². The summed E-state index contributed by atoms with van der Waals surface area (Å²) in [5, 5.41) is 0. The summed E-state index contributed by atoms with van der Waals surface area (Å²) in [5.41, 5.74) is 8.50. The molecule has 0 saturated carbocycles. The Morgan fingerprint density at radius 2 is 1.29 bits per heavy atom. The zero-order valence-electron chi connectivity index (χ0n) is 16.6. The van der Waals surface area contributed by atoms with Crippen LogP contribution in [0.2, 0.25) is 0 Å². The molecule has 1 nitrogen and oxygen atoms in total. The third-order valence-corrected chi connectivity index (χ3v) is 5.10. The summed E-state index contributed by atoms with van der Waals surface area (Å²) in [6.45, 7) is 6.41. The Bertz CT molecular complexity index is 984. The van der Waals surface area contributed by atoms with Crippen LogP contribution in [0.15, 0.2) is 91.1 Å². The molecule has 140 valence electrons. The predicted octanol–water partition coefficient (Wildman–Crippen LogP) is 6.70. The molecule has 3 aromatic rings. The quantitative estimate of drug-likeness (QED) is 0.318. The maximum absolute atomic E-state index is 2.28. The Hall–Kier alpha value is -2.50. The van der Waals surface area contributed by atoms with E-state index in [0.717, 1.165) is 11.4 Å². The fraction of sp³-hybridized carbons (Fsp3) is 0.115. The first-order valence-corrected chi connectivity index (χ1v) is 11.1. The van der Waals surface area contributed by atoms with E-state index in [1.54, 1.807) is 0 Å². The molecule has 0 spiro atoms. The molecule has 0 aliphatic heterocycles. The SMILES string of the molecule is Cc1cccc(C(C=C[CH]=[W])=CN(c2cccc(C)c2)c2cccc(C)c2)c1. The van der Waals surface area contributed by atoms with Crippen LogP contribution >= 0.6 is 0 Å². The van der Waals surface area contributed by atoms with Gasteiger partial charge in [0.15, 0.2) is 0 Å². The van der Waals surface area contributed by atoms with Crippen LogP contribution in [-0.4, -0.2) is 4.40 Å². The molecule has 0 amide bonds. The van der Waals surface area contributed by atoms with Gasteiger partial charge in [-0.25, -0.2) is 0 Å². The van der Waals surface area contributed by atoms with Gasteiger partial charge in [0, 0.05) is 0 Å². The Morgan fingerprint density at radius 3 is 1.79 bits per heavy atom. The van der Waals surface area contributed by atoms with Crippen LogP contribution < -0.4 is 4.90 Å². The molecule has 0 aliphatic carbocycles. The number of allylic oxidation sites excluding steroid dienone is 3. The van der Waals surface area contributed by atoms with Gasteiger partial charge < -0.3 is 0 Å². The minimum atomic E-state index is 1.16. The van der Waals surface area contributed by atoms with E-state index < -0.39 is 0 Å². The van der Waals surface area contributed by atoms with Crippen LogP contribution in [0.25, 0.3) is 5.57 Å². The first-order chi connectivity index (χ1) is 13.6. The predicted molar refractivity (Wildman–Crippen MR) is 119 cm³/mol. The third kappa shape index (κ3) is 5.27. The summed E-state index contributed by atoms with van der Waals surface area (Å²) < 4.78 is 2.15. The second-order valence-electron chi connectivity index (χ2n) is 7.00. The topological polar surface area (TPSA) is 3.24 Å². The zero-order valence-corrected chi connectivity index (χ0v) is 19.5. The zero-order chi connectivity index (χ0) is 19.9. The minimum absolute atomic E-state index is 1.16. The van der Waals surface area contributed by atoms with E-state index in [9.17, 15) is 0 Å². The van der Waals surface area contributed by atoms with E-state index in [1.807, 2.05) is 0 Å². The second kappa shape index (κ2) is 9.62. The van der Waals surface area contributed by atoms with Crippen molar-refractivity contribution in [2.75, 3.05) is 4.90 Å². The standard InChI is InChI=1S/C26H25N.W/c1-5-9-24(23-13-6-10-20(2)16-23)19-27(25-14-7-11-21(3)17-25)26-15-8-12-22(4)18-26;/h1,5-19H,2-4H3;. The van der Waals surface area contributed by atoms with Gasteiger partial charge >= 0.3 is 180 Å². The van der Waals surface area contributed by atoms with E-state index in [1.165, 1.54) is 47.2 Å². The van der Waals surface area contributed by atoms with Crippen LogP contribution in [0, 0.1) is 20.8 Å². The van der Waals surface area contributed by atoms with Crippen molar-refractivity contribution >= 4 is 21.3 Å². The molecule has 0 saturated heterocycles. The van der Waals surface area contributed by atoms with Gasteiger partial charge in [0.05, 0.1) is 0 Å². The number of hydrogen-bond acceptors (Lipinski definition) is 1. The van der Waals surface area contributed by atoms with E-state index in [0.29, 0.717) is 0 Å². The normalized spacial score (nSPS) is 11.6. The second-order valence-corrected chi connectivity index (χ2v) is 7.97. The molecule has 0 unspecified atom stereocenters. The Kier molecular flexibility index (Phi) is 6.95.